The first-order valence-corrected chi connectivity index (χ1v) is 11.7. The fourth-order valence-electron chi connectivity index (χ4n) is 3.72. The predicted octanol–water partition coefficient (Wildman–Crippen LogP) is 0.186. The first-order chi connectivity index (χ1) is 11.5. The maximum atomic E-state index is 13.0. The van der Waals surface area contributed by atoms with Crippen molar-refractivity contribution in [2.24, 2.45) is 0 Å². The molecule has 25 heavy (non-hydrogen) atoms. The van der Waals surface area contributed by atoms with Gasteiger partial charge >= 0.3 is 0 Å². The molecule has 0 saturated carbocycles. The van der Waals surface area contributed by atoms with E-state index in [2.05, 4.69) is 0 Å². The molecule has 2 saturated heterocycles. The molecule has 2 fully saturated rings. The lowest BCUT2D eigenvalue weighted by Gasteiger charge is -2.42. The number of hydrogen-bond acceptors (Lipinski definition) is 5. The molecule has 2 aliphatic heterocycles. The Bertz CT molecular complexity index is 924. The van der Waals surface area contributed by atoms with Gasteiger partial charge in [0.1, 0.15) is 0 Å². The zero-order chi connectivity index (χ0) is 18.6. The molecule has 1 amide bonds. The molecule has 0 aliphatic carbocycles. The van der Waals surface area contributed by atoms with E-state index in [-0.39, 0.29) is 30.5 Å². The van der Waals surface area contributed by atoms with E-state index in [4.69, 9.17) is 0 Å². The Hall–Kier alpha value is -1.45. The molecule has 7 nitrogen and oxygen atoms in total. The molecule has 3 rings (SSSR count). The summed E-state index contributed by atoms with van der Waals surface area (Å²) < 4.78 is 49.5. The van der Waals surface area contributed by atoms with Gasteiger partial charge in [-0.3, -0.25) is 4.79 Å². The number of amides is 1. The minimum atomic E-state index is -3.53. The zero-order valence-corrected chi connectivity index (χ0v) is 16.1. The smallest absolute Gasteiger partial charge is 0.254 e. The van der Waals surface area contributed by atoms with Gasteiger partial charge in [-0.05, 0) is 31.0 Å². The van der Waals surface area contributed by atoms with E-state index in [0.717, 1.165) is 17.4 Å². The predicted molar refractivity (Wildman–Crippen MR) is 94.7 cm³/mol. The van der Waals surface area contributed by atoms with E-state index in [1.54, 1.807) is 17.0 Å². The van der Waals surface area contributed by atoms with Crippen molar-refractivity contribution in [3.63, 3.8) is 0 Å². The lowest BCUT2D eigenvalue weighted by molar-refractivity contribution is 0.0515. The summed E-state index contributed by atoms with van der Waals surface area (Å²) in [5, 5.41) is 0. The first kappa shape index (κ1) is 18.3. The van der Waals surface area contributed by atoms with Crippen LogP contribution in [0.15, 0.2) is 18.2 Å². The second-order valence-electron chi connectivity index (χ2n) is 6.83. The van der Waals surface area contributed by atoms with E-state index < -0.39 is 31.9 Å². The van der Waals surface area contributed by atoms with Gasteiger partial charge in [0, 0.05) is 18.7 Å². The summed E-state index contributed by atoms with van der Waals surface area (Å²) in [5.41, 5.74) is 2.38. The standard InChI is InChI=1S/C16H22N2O5S2/c1-11-5-4-6-13(12(11)2)16(19)17-7-8-18(24(3,20)21)15-10-25(22,23)9-14(15)17/h4-6,14-15H,7-10H2,1-3H3/t14-,15+/m1/s1. The Morgan fingerprint density at radius 2 is 1.76 bits per heavy atom. The van der Waals surface area contributed by atoms with Crippen molar-refractivity contribution in [3.05, 3.63) is 34.9 Å². The van der Waals surface area contributed by atoms with Gasteiger partial charge in [0.05, 0.1) is 29.8 Å². The highest BCUT2D eigenvalue weighted by Crippen LogP contribution is 2.30. The number of sulfone groups is 1. The molecule has 2 heterocycles. The number of carbonyl (C=O) groups is 1. The number of piperazine rings is 1. The SMILES string of the molecule is Cc1cccc(C(=O)N2CCN(S(C)(=O)=O)[C@H]3CS(=O)(=O)C[C@H]32)c1C. The maximum absolute atomic E-state index is 13.0. The molecule has 0 unspecified atom stereocenters. The van der Waals surface area contributed by atoms with Crippen LogP contribution < -0.4 is 0 Å². The van der Waals surface area contributed by atoms with Crippen LogP contribution in [0.2, 0.25) is 0 Å². The number of sulfonamides is 1. The molecule has 0 aromatic heterocycles. The van der Waals surface area contributed by atoms with Gasteiger partial charge in [0.15, 0.2) is 9.84 Å². The molecule has 0 radical (unpaired) electrons. The Morgan fingerprint density at radius 3 is 2.40 bits per heavy atom. The van der Waals surface area contributed by atoms with Gasteiger partial charge in [-0.25, -0.2) is 16.8 Å². The fourth-order valence-corrected chi connectivity index (χ4v) is 6.92. The third-order valence-electron chi connectivity index (χ3n) is 5.15. The number of aryl methyl sites for hydroxylation is 1. The maximum Gasteiger partial charge on any atom is 0.254 e. The average molecular weight is 386 g/mol. The number of nitrogens with zero attached hydrogens (tertiary/aromatic N) is 2. The molecule has 0 spiro atoms. The topological polar surface area (TPSA) is 91.8 Å². The Morgan fingerprint density at radius 1 is 1.12 bits per heavy atom. The fraction of sp³-hybridized carbons (Fsp3) is 0.562. The molecule has 9 heteroatoms. The first-order valence-electron chi connectivity index (χ1n) is 8.06. The minimum Gasteiger partial charge on any atom is -0.332 e. The van der Waals surface area contributed by atoms with E-state index in [1.165, 1.54) is 4.31 Å². The van der Waals surface area contributed by atoms with Crippen LogP contribution in [0.4, 0.5) is 0 Å². The van der Waals surface area contributed by atoms with Crippen LogP contribution in [0.5, 0.6) is 0 Å². The van der Waals surface area contributed by atoms with Crippen molar-refractivity contribution in [1.29, 1.82) is 0 Å². The molecule has 138 valence electrons. The number of rotatable bonds is 2. The average Bonchev–Trinajstić information content (AvgIpc) is 2.81. The van der Waals surface area contributed by atoms with Crippen molar-refractivity contribution >= 4 is 25.8 Å². The Labute approximate surface area is 148 Å². The summed E-state index contributed by atoms with van der Waals surface area (Å²) in [6.45, 7) is 4.08. The summed E-state index contributed by atoms with van der Waals surface area (Å²) in [5.74, 6) is -0.664. The summed E-state index contributed by atoms with van der Waals surface area (Å²) in [4.78, 5) is 14.6. The van der Waals surface area contributed by atoms with Gasteiger partial charge in [0.2, 0.25) is 10.0 Å². The highest BCUT2D eigenvalue weighted by molar-refractivity contribution is 7.92. The summed E-state index contributed by atoms with van der Waals surface area (Å²) >= 11 is 0. The molecular formula is C16H22N2O5S2. The monoisotopic (exact) mass is 386 g/mol. The number of carbonyl (C=O) groups excluding carboxylic acids is 1. The molecular weight excluding hydrogens is 364 g/mol. The summed E-state index contributed by atoms with van der Waals surface area (Å²) in [7, 11) is -6.92. The van der Waals surface area contributed by atoms with Crippen molar-refractivity contribution in [1.82, 2.24) is 9.21 Å². The van der Waals surface area contributed by atoms with Gasteiger partial charge in [-0.15, -0.1) is 0 Å². The van der Waals surface area contributed by atoms with Crippen LogP contribution in [-0.2, 0) is 19.9 Å². The summed E-state index contributed by atoms with van der Waals surface area (Å²) in [6.07, 6.45) is 1.08. The van der Waals surface area contributed by atoms with Gasteiger partial charge in [0.25, 0.3) is 5.91 Å². The third kappa shape index (κ3) is 3.32. The van der Waals surface area contributed by atoms with Crippen LogP contribution in [-0.4, -0.2) is 74.9 Å². The van der Waals surface area contributed by atoms with Crippen molar-refractivity contribution < 1.29 is 21.6 Å². The molecule has 0 bridgehead atoms. The molecule has 2 atom stereocenters. The Kier molecular flexibility index (Phi) is 4.45. The molecule has 1 aromatic carbocycles. The minimum absolute atomic E-state index is 0.117. The van der Waals surface area contributed by atoms with Crippen molar-refractivity contribution in [2.45, 2.75) is 25.9 Å². The second kappa shape index (κ2) is 6.07. The van der Waals surface area contributed by atoms with Crippen LogP contribution in [0.1, 0.15) is 21.5 Å². The number of fused-ring (bicyclic) bond motifs is 1. The highest BCUT2D eigenvalue weighted by atomic mass is 32.2. The van der Waals surface area contributed by atoms with Gasteiger partial charge in [-0.2, -0.15) is 4.31 Å². The van der Waals surface area contributed by atoms with Gasteiger partial charge < -0.3 is 4.90 Å². The van der Waals surface area contributed by atoms with Crippen molar-refractivity contribution in [2.75, 3.05) is 30.9 Å². The van der Waals surface area contributed by atoms with E-state index in [1.807, 2.05) is 19.9 Å². The van der Waals surface area contributed by atoms with E-state index in [9.17, 15) is 21.6 Å². The van der Waals surface area contributed by atoms with E-state index in [0.29, 0.717) is 5.56 Å². The number of benzene rings is 1. The molecule has 1 aromatic rings. The highest BCUT2D eigenvalue weighted by Gasteiger charge is 2.50. The van der Waals surface area contributed by atoms with Crippen molar-refractivity contribution in [3.8, 4) is 0 Å². The second-order valence-corrected chi connectivity index (χ2v) is 10.9. The summed E-state index contributed by atoms with van der Waals surface area (Å²) in [6, 6.07) is 4.09. The van der Waals surface area contributed by atoms with E-state index >= 15 is 0 Å². The lowest BCUT2D eigenvalue weighted by atomic mass is 10.00. The number of hydrogen-bond donors (Lipinski definition) is 0. The van der Waals surface area contributed by atoms with Crippen LogP contribution in [0.3, 0.4) is 0 Å². The molecule has 0 N–H and O–H groups in total. The van der Waals surface area contributed by atoms with Crippen LogP contribution in [0, 0.1) is 13.8 Å². The quantitative estimate of drug-likeness (QED) is 0.723. The third-order valence-corrected chi connectivity index (χ3v) is 8.15. The van der Waals surface area contributed by atoms with Crippen LogP contribution in [0.25, 0.3) is 0 Å². The molecule has 2 aliphatic rings. The largest absolute Gasteiger partial charge is 0.332 e. The van der Waals surface area contributed by atoms with Gasteiger partial charge in [-0.1, -0.05) is 12.1 Å². The Balaban J connectivity index is 1.99. The zero-order valence-electron chi connectivity index (χ0n) is 14.5. The van der Waals surface area contributed by atoms with Crippen LogP contribution >= 0.6 is 0 Å². The lowest BCUT2D eigenvalue weighted by Crippen LogP contribution is -2.61. The normalized spacial score (nSPS) is 26.4.